The Morgan fingerprint density at radius 3 is 2.54 bits per heavy atom. The average molecular weight is 510 g/mol. The summed E-state index contributed by atoms with van der Waals surface area (Å²) in [4.78, 5) is 50.4. The minimum absolute atomic E-state index is 0.104. The second-order valence-electron chi connectivity index (χ2n) is 10.3. The maximum atomic E-state index is 13.2. The zero-order chi connectivity index (χ0) is 25.7. The van der Waals surface area contributed by atoms with Gasteiger partial charge in [-0.25, -0.2) is 19.7 Å². The molecule has 13 heteroatoms. The van der Waals surface area contributed by atoms with Crippen LogP contribution in [-0.2, 0) is 16.0 Å². The largest absolute Gasteiger partial charge is 0.465 e. The van der Waals surface area contributed by atoms with Crippen molar-refractivity contribution in [3.63, 3.8) is 0 Å². The van der Waals surface area contributed by atoms with Crippen LogP contribution in [0.2, 0.25) is 0 Å². The molecule has 2 atom stereocenters. The van der Waals surface area contributed by atoms with Gasteiger partial charge in [0.05, 0.1) is 24.4 Å². The topological polar surface area (TPSA) is 154 Å². The fraction of sp³-hybridized carbons (Fsp3) is 0.583. The number of hydrogen-bond donors (Lipinski definition) is 2. The number of carboxylic acid groups (broad SMARTS) is 1. The lowest BCUT2D eigenvalue weighted by Gasteiger charge is -2.41. The predicted octanol–water partition coefficient (Wildman–Crippen LogP) is 0.458. The fourth-order valence-corrected chi connectivity index (χ4v) is 5.81. The van der Waals surface area contributed by atoms with E-state index in [0.717, 1.165) is 42.0 Å². The molecule has 6 heterocycles. The molecular formula is C24H31N9O4. The molecule has 3 fully saturated rings. The van der Waals surface area contributed by atoms with Crippen LogP contribution in [-0.4, -0.2) is 111 Å². The molecule has 4 aliphatic rings. The number of aromatic nitrogens is 4. The lowest BCUT2D eigenvalue weighted by atomic mass is 9.99. The first-order valence-corrected chi connectivity index (χ1v) is 12.7. The second kappa shape index (κ2) is 8.98. The smallest absolute Gasteiger partial charge is 0.407 e. The highest BCUT2D eigenvalue weighted by Gasteiger charge is 2.48. The van der Waals surface area contributed by atoms with Crippen LogP contribution < -0.4 is 15.5 Å². The lowest BCUT2D eigenvalue weighted by Crippen LogP contribution is -2.59. The van der Waals surface area contributed by atoms with Crippen molar-refractivity contribution < 1.29 is 19.4 Å². The number of nitrogens with two attached hydrogens (primary N) is 1. The summed E-state index contributed by atoms with van der Waals surface area (Å²) in [6.45, 7) is 7.08. The van der Waals surface area contributed by atoms with Gasteiger partial charge in [0, 0.05) is 62.8 Å². The summed E-state index contributed by atoms with van der Waals surface area (Å²) in [6.07, 6.45) is 4.47. The molecule has 2 aromatic heterocycles. The molecule has 4 aliphatic heterocycles. The van der Waals surface area contributed by atoms with E-state index in [2.05, 4.69) is 26.7 Å². The molecule has 0 aliphatic carbocycles. The van der Waals surface area contributed by atoms with Gasteiger partial charge in [-0.3, -0.25) is 9.69 Å². The van der Waals surface area contributed by atoms with Crippen molar-refractivity contribution in [1.82, 2.24) is 29.7 Å². The number of ether oxygens (including phenoxy) is 1. The van der Waals surface area contributed by atoms with Gasteiger partial charge in [-0.15, -0.1) is 0 Å². The summed E-state index contributed by atoms with van der Waals surface area (Å²) >= 11 is 0. The molecule has 196 valence electrons. The van der Waals surface area contributed by atoms with E-state index in [-0.39, 0.29) is 17.4 Å². The quantitative estimate of drug-likeness (QED) is 0.591. The lowest BCUT2D eigenvalue weighted by molar-refractivity contribution is -0.139. The third-order valence-electron chi connectivity index (χ3n) is 8.02. The summed E-state index contributed by atoms with van der Waals surface area (Å²) in [6, 6.07) is -0.571. The van der Waals surface area contributed by atoms with Crippen LogP contribution in [0.3, 0.4) is 0 Å². The Hall–Kier alpha value is -3.74. The average Bonchev–Trinajstić information content (AvgIpc) is 3.48. The Bertz CT molecular complexity index is 1220. The van der Waals surface area contributed by atoms with Gasteiger partial charge in [0.1, 0.15) is 11.9 Å². The van der Waals surface area contributed by atoms with E-state index in [1.807, 2.05) is 4.90 Å². The van der Waals surface area contributed by atoms with Crippen LogP contribution in [0.15, 0.2) is 12.4 Å². The summed E-state index contributed by atoms with van der Waals surface area (Å²) < 4.78 is 5.53. The number of rotatable bonds is 4. The number of amides is 2. The predicted molar refractivity (Wildman–Crippen MR) is 134 cm³/mol. The Morgan fingerprint density at radius 1 is 1.11 bits per heavy atom. The Kier molecular flexibility index (Phi) is 5.74. The van der Waals surface area contributed by atoms with E-state index in [4.69, 9.17) is 20.4 Å². The van der Waals surface area contributed by atoms with E-state index in [1.54, 1.807) is 12.4 Å². The van der Waals surface area contributed by atoms with Gasteiger partial charge in [0.25, 0.3) is 0 Å². The number of nitrogens with zero attached hydrogens (tertiary/aromatic N) is 8. The number of anilines is 3. The first kappa shape index (κ1) is 23.6. The summed E-state index contributed by atoms with van der Waals surface area (Å²) in [5.74, 6) is 1.62. The molecule has 0 unspecified atom stereocenters. The zero-order valence-corrected chi connectivity index (χ0v) is 20.8. The molecule has 0 spiro atoms. The van der Waals surface area contributed by atoms with Crippen molar-refractivity contribution in [1.29, 1.82) is 0 Å². The number of fused-ring (bicyclic) bond motifs is 1. The highest BCUT2D eigenvalue weighted by atomic mass is 16.5. The number of morpholine rings is 1. The van der Waals surface area contributed by atoms with Crippen LogP contribution in [0, 0.1) is 0 Å². The van der Waals surface area contributed by atoms with Crippen LogP contribution in [0.1, 0.15) is 25.3 Å². The van der Waals surface area contributed by atoms with Crippen molar-refractivity contribution in [2.24, 2.45) is 0 Å². The van der Waals surface area contributed by atoms with Gasteiger partial charge >= 0.3 is 6.09 Å². The number of hydrogen-bond acceptors (Lipinski definition) is 10. The Balaban J connectivity index is 1.32. The molecule has 2 amide bonds. The van der Waals surface area contributed by atoms with E-state index >= 15 is 0 Å². The first-order chi connectivity index (χ1) is 17.8. The van der Waals surface area contributed by atoms with Gasteiger partial charge < -0.3 is 30.3 Å². The molecular weight excluding hydrogens is 478 g/mol. The van der Waals surface area contributed by atoms with Gasteiger partial charge in [-0.2, -0.15) is 4.98 Å². The third kappa shape index (κ3) is 4.06. The highest BCUT2D eigenvalue weighted by molar-refractivity contribution is 5.87. The van der Waals surface area contributed by atoms with Crippen molar-refractivity contribution in [2.45, 2.75) is 37.8 Å². The van der Waals surface area contributed by atoms with Crippen LogP contribution in [0.4, 0.5) is 22.5 Å². The standard InChI is InChI=1S/C24H31N9O4/c1-24(4-7-31(14-24)20(34)17-3-5-32(17)23(35)36)33-6-2-16-18(15-12-26-21(25)27-13-15)28-22(29-19(16)33)30-8-10-37-11-9-30/h12-13,17H,2-11,14H2,1H3,(H,35,36)(H2,25,26,27)/t17-,24-/m0/s1. The Labute approximate surface area is 214 Å². The minimum atomic E-state index is -1.04. The molecule has 0 bridgehead atoms. The van der Waals surface area contributed by atoms with Gasteiger partial charge in [0.15, 0.2) is 0 Å². The number of likely N-dealkylation sites (tertiary alicyclic amines) is 2. The van der Waals surface area contributed by atoms with Crippen LogP contribution in [0.5, 0.6) is 0 Å². The van der Waals surface area contributed by atoms with Crippen LogP contribution >= 0.6 is 0 Å². The van der Waals surface area contributed by atoms with Gasteiger partial charge in [0.2, 0.25) is 17.8 Å². The maximum Gasteiger partial charge on any atom is 0.407 e. The monoisotopic (exact) mass is 509 g/mol. The number of carbonyl (C=O) groups excluding carboxylic acids is 1. The third-order valence-corrected chi connectivity index (χ3v) is 8.02. The van der Waals surface area contributed by atoms with E-state index in [9.17, 15) is 14.7 Å². The van der Waals surface area contributed by atoms with Crippen molar-refractivity contribution in [2.75, 3.05) is 68.0 Å². The van der Waals surface area contributed by atoms with Crippen molar-refractivity contribution >= 4 is 29.7 Å². The van der Waals surface area contributed by atoms with E-state index in [1.165, 1.54) is 4.90 Å². The van der Waals surface area contributed by atoms with E-state index < -0.39 is 12.1 Å². The molecule has 13 nitrogen and oxygen atoms in total. The highest BCUT2D eigenvalue weighted by Crippen LogP contribution is 2.41. The summed E-state index contributed by atoms with van der Waals surface area (Å²) in [5.41, 5.74) is 8.03. The normalized spacial score (nSPS) is 25.3. The fourth-order valence-electron chi connectivity index (χ4n) is 5.81. The minimum Gasteiger partial charge on any atom is -0.465 e. The second-order valence-corrected chi connectivity index (χ2v) is 10.3. The molecule has 37 heavy (non-hydrogen) atoms. The van der Waals surface area contributed by atoms with Gasteiger partial charge in [-0.05, 0) is 26.2 Å². The SMILES string of the molecule is C[C@]1(N2CCc3c(-c4cnc(N)nc4)nc(N4CCOCC4)nc32)CCN(C(=O)[C@@H]2CCN2C(=O)O)C1. The van der Waals surface area contributed by atoms with Gasteiger partial charge in [-0.1, -0.05) is 0 Å². The molecule has 0 saturated carbocycles. The van der Waals surface area contributed by atoms with E-state index in [0.29, 0.717) is 58.3 Å². The Morgan fingerprint density at radius 2 is 1.86 bits per heavy atom. The van der Waals surface area contributed by atoms with Crippen molar-refractivity contribution in [3.05, 3.63) is 18.0 Å². The maximum absolute atomic E-state index is 13.2. The molecule has 2 aromatic rings. The summed E-state index contributed by atoms with van der Waals surface area (Å²) in [7, 11) is 0. The molecule has 6 rings (SSSR count). The molecule has 0 radical (unpaired) electrons. The molecule has 0 aromatic carbocycles. The molecule has 3 saturated heterocycles. The van der Waals surface area contributed by atoms with Crippen LogP contribution in [0.25, 0.3) is 11.3 Å². The van der Waals surface area contributed by atoms with Crippen molar-refractivity contribution in [3.8, 4) is 11.3 Å². The number of nitrogen functional groups attached to an aromatic ring is 1. The zero-order valence-electron chi connectivity index (χ0n) is 20.8. The molecule has 3 N–H and O–H groups in total. The first-order valence-electron chi connectivity index (χ1n) is 12.7. The summed E-state index contributed by atoms with van der Waals surface area (Å²) in [5, 5.41) is 9.35. The number of carbonyl (C=O) groups is 2.